The van der Waals surface area contributed by atoms with Crippen LogP contribution in [0, 0.1) is 0 Å². The highest BCUT2D eigenvalue weighted by Gasteiger charge is 2.25. The second-order valence-electron chi connectivity index (χ2n) is 5.79. The van der Waals surface area contributed by atoms with E-state index in [2.05, 4.69) is 24.1 Å². The first-order valence-corrected chi connectivity index (χ1v) is 7.33. The predicted molar refractivity (Wildman–Crippen MR) is 80.8 cm³/mol. The molecule has 0 amide bonds. The average molecular weight is 262 g/mol. The first-order chi connectivity index (χ1) is 9.08. The van der Waals surface area contributed by atoms with E-state index in [0.29, 0.717) is 12.1 Å². The van der Waals surface area contributed by atoms with E-state index < -0.39 is 0 Å². The van der Waals surface area contributed by atoms with Crippen molar-refractivity contribution in [1.29, 1.82) is 0 Å². The number of nitrogens with zero attached hydrogens (tertiary/aromatic N) is 1. The molecule has 1 saturated carbocycles. The van der Waals surface area contributed by atoms with Gasteiger partial charge < -0.3 is 15.4 Å². The predicted octanol–water partition coefficient (Wildman–Crippen LogP) is 3.18. The Kier molecular flexibility index (Phi) is 4.70. The van der Waals surface area contributed by atoms with E-state index in [1.165, 1.54) is 24.9 Å². The standard InChI is InChI=1S/C16H26N2O/c1-12(2)19-14-10-8-13(9-11-14)18(3)16-7-5-4-6-15(16)17/h8-12,15-16H,4-7,17H2,1-3H3. The van der Waals surface area contributed by atoms with Gasteiger partial charge in [-0.25, -0.2) is 0 Å². The summed E-state index contributed by atoms with van der Waals surface area (Å²) in [4.78, 5) is 2.32. The Morgan fingerprint density at radius 2 is 1.79 bits per heavy atom. The third kappa shape index (κ3) is 3.63. The smallest absolute Gasteiger partial charge is 0.119 e. The SMILES string of the molecule is CC(C)Oc1ccc(N(C)C2CCCCC2N)cc1. The van der Waals surface area contributed by atoms with Crippen molar-refractivity contribution < 1.29 is 4.74 Å². The second kappa shape index (κ2) is 6.29. The molecule has 2 N–H and O–H groups in total. The zero-order valence-electron chi connectivity index (χ0n) is 12.3. The summed E-state index contributed by atoms with van der Waals surface area (Å²) in [6.45, 7) is 4.09. The van der Waals surface area contributed by atoms with Crippen LogP contribution in [0.3, 0.4) is 0 Å². The highest BCUT2D eigenvalue weighted by atomic mass is 16.5. The quantitative estimate of drug-likeness (QED) is 0.905. The molecule has 1 aliphatic carbocycles. The summed E-state index contributed by atoms with van der Waals surface area (Å²) in [7, 11) is 2.15. The fourth-order valence-corrected chi connectivity index (χ4v) is 2.84. The van der Waals surface area contributed by atoms with Gasteiger partial charge in [0.15, 0.2) is 0 Å². The molecule has 2 unspecified atom stereocenters. The number of rotatable bonds is 4. The minimum atomic E-state index is 0.218. The Morgan fingerprint density at radius 3 is 2.37 bits per heavy atom. The van der Waals surface area contributed by atoms with Gasteiger partial charge in [0.1, 0.15) is 5.75 Å². The first-order valence-electron chi connectivity index (χ1n) is 7.33. The van der Waals surface area contributed by atoms with Gasteiger partial charge in [0.25, 0.3) is 0 Å². The van der Waals surface area contributed by atoms with E-state index in [1.54, 1.807) is 0 Å². The fraction of sp³-hybridized carbons (Fsp3) is 0.625. The Morgan fingerprint density at radius 1 is 1.16 bits per heavy atom. The van der Waals surface area contributed by atoms with Gasteiger partial charge in [-0.2, -0.15) is 0 Å². The number of likely N-dealkylation sites (N-methyl/N-ethyl adjacent to an activating group) is 1. The highest BCUT2D eigenvalue weighted by molar-refractivity contribution is 5.49. The van der Waals surface area contributed by atoms with Crippen molar-refractivity contribution in [3.63, 3.8) is 0 Å². The van der Waals surface area contributed by atoms with Gasteiger partial charge in [-0.05, 0) is 51.0 Å². The Balaban J connectivity index is 2.04. The molecule has 19 heavy (non-hydrogen) atoms. The summed E-state index contributed by atoms with van der Waals surface area (Å²) in [6.07, 6.45) is 5.12. The maximum Gasteiger partial charge on any atom is 0.119 e. The van der Waals surface area contributed by atoms with Gasteiger partial charge >= 0.3 is 0 Å². The van der Waals surface area contributed by atoms with Crippen molar-refractivity contribution >= 4 is 5.69 Å². The Bertz CT molecular complexity index is 388. The molecule has 106 valence electrons. The molecule has 3 heteroatoms. The minimum absolute atomic E-state index is 0.218. The van der Waals surface area contributed by atoms with E-state index in [0.717, 1.165) is 12.2 Å². The lowest BCUT2D eigenvalue weighted by atomic mass is 9.90. The number of anilines is 1. The zero-order valence-corrected chi connectivity index (χ0v) is 12.3. The van der Waals surface area contributed by atoms with Crippen molar-refractivity contribution in [1.82, 2.24) is 0 Å². The van der Waals surface area contributed by atoms with Crippen LogP contribution in [0.1, 0.15) is 39.5 Å². The van der Waals surface area contributed by atoms with Gasteiger partial charge in [-0.3, -0.25) is 0 Å². The number of ether oxygens (including phenoxy) is 1. The molecule has 0 heterocycles. The van der Waals surface area contributed by atoms with Crippen LogP contribution in [-0.4, -0.2) is 25.2 Å². The highest BCUT2D eigenvalue weighted by Crippen LogP contribution is 2.27. The molecular weight excluding hydrogens is 236 g/mol. The lowest BCUT2D eigenvalue weighted by Crippen LogP contribution is -2.48. The summed E-state index contributed by atoms with van der Waals surface area (Å²) in [5, 5.41) is 0. The maximum atomic E-state index is 6.25. The van der Waals surface area contributed by atoms with E-state index in [4.69, 9.17) is 10.5 Å². The molecule has 1 aromatic carbocycles. The van der Waals surface area contributed by atoms with Gasteiger partial charge in [0, 0.05) is 24.8 Å². The number of nitrogens with two attached hydrogens (primary N) is 1. The normalized spacial score (nSPS) is 23.4. The molecule has 1 aromatic rings. The minimum Gasteiger partial charge on any atom is -0.491 e. The summed E-state index contributed by atoms with van der Waals surface area (Å²) >= 11 is 0. The molecule has 0 aromatic heterocycles. The van der Waals surface area contributed by atoms with Gasteiger partial charge in [0.05, 0.1) is 6.10 Å². The van der Waals surface area contributed by atoms with Crippen molar-refractivity contribution in [3.05, 3.63) is 24.3 Å². The van der Waals surface area contributed by atoms with Crippen molar-refractivity contribution in [2.75, 3.05) is 11.9 Å². The van der Waals surface area contributed by atoms with Gasteiger partial charge in [-0.1, -0.05) is 12.8 Å². The molecule has 0 spiro atoms. The number of hydrogen-bond donors (Lipinski definition) is 1. The largest absolute Gasteiger partial charge is 0.491 e. The lowest BCUT2D eigenvalue weighted by molar-refractivity contribution is 0.242. The van der Waals surface area contributed by atoms with Crippen LogP contribution < -0.4 is 15.4 Å². The molecule has 0 bridgehead atoms. The number of benzene rings is 1. The summed E-state index contributed by atoms with van der Waals surface area (Å²) in [6, 6.07) is 9.09. The second-order valence-corrected chi connectivity index (χ2v) is 5.79. The van der Waals surface area contributed by atoms with E-state index in [-0.39, 0.29) is 6.10 Å². The summed E-state index contributed by atoms with van der Waals surface area (Å²) in [5.41, 5.74) is 7.47. The van der Waals surface area contributed by atoms with Crippen LogP contribution in [0.2, 0.25) is 0 Å². The molecule has 1 aliphatic rings. The lowest BCUT2D eigenvalue weighted by Gasteiger charge is -2.37. The monoisotopic (exact) mass is 262 g/mol. The van der Waals surface area contributed by atoms with E-state index in [9.17, 15) is 0 Å². The third-order valence-corrected chi connectivity index (χ3v) is 3.89. The van der Waals surface area contributed by atoms with Crippen LogP contribution in [0.5, 0.6) is 5.75 Å². The fourth-order valence-electron chi connectivity index (χ4n) is 2.84. The van der Waals surface area contributed by atoms with Crippen LogP contribution in [0.15, 0.2) is 24.3 Å². The molecule has 2 atom stereocenters. The molecular formula is C16H26N2O. The number of hydrogen-bond acceptors (Lipinski definition) is 3. The van der Waals surface area contributed by atoms with Crippen LogP contribution >= 0.6 is 0 Å². The van der Waals surface area contributed by atoms with Crippen molar-refractivity contribution in [2.45, 2.75) is 57.7 Å². The molecule has 3 nitrogen and oxygen atoms in total. The van der Waals surface area contributed by atoms with Crippen LogP contribution in [-0.2, 0) is 0 Å². The molecule has 0 radical (unpaired) electrons. The van der Waals surface area contributed by atoms with Crippen LogP contribution in [0.4, 0.5) is 5.69 Å². The summed E-state index contributed by atoms with van der Waals surface area (Å²) < 4.78 is 5.67. The average Bonchev–Trinajstić information content (AvgIpc) is 2.39. The first kappa shape index (κ1) is 14.2. The zero-order chi connectivity index (χ0) is 13.8. The Labute approximate surface area is 116 Å². The molecule has 0 saturated heterocycles. The van der Waals surface area contributed by atoms with Crippen LogP contribution in [0.25, 0.3) is 0 Å². The third-order valence-electron chi connectivity index (χ3n) is 3.89. The van der Waals surface area contributed by atoms with Gasteiger partial charge in [0.2, 0.25) is 0 Å². The molecule has 1 fully saturated rings. The Hall–Kier alpha value is -1.22. The van der Waals surface area contributed by atoms with Gasteiger partial charge in [-0.15, -0.1) is 0 Å². The van der Waals surface area contributed by atoms with Crippen molar-refractivity contribution in [3.8, 4) is 5.75 Å². The topological polar surface area (TPSA) is 38.5 Å². The summed E-state index contributed by atoms with van der Waals surface area (Å²) in [5.74, 6) is 0.931. The maximum absolute atomic E-state index is 6.25. The van der Waals surface area contributed by atoms with E-state index >= 15 is 0 Å². The molecule has 0 aliphatic heterocycles. The van der Waals surface area contributed by atoms with Crippen molar-refractivity contribution in [2.24, 2.45) is 5.73 Å². The van der Waals surface area contributed by atoms with E-state index in [1.807, 2.05) is 26.0 Å². The molecule has 2 rings (SSSR count).